The van der Waals surface area contributed by atoms with Crippen LogP contribution in [0.15, 0.2) is 24.5 Å². The van der Waals surface area contributed by atoms with Gasteiger partial charge in [0.25, 0.3) is 5.91 Å². The summed E-state index contributed by atoms with van der Waals surface area (Å²) in [6, 6.07) is 2.85. The van der Waals surface area contributed by atoms with Crippen LogP contribution in [0.2, 0.25) is 0 Å². The van der Waals surface area contributed by atoms with Crippen LogP contribution in [0.3, 0.4) is 0 Å². The fourth-order valence-corrected chi connectivity index (χ4v) is 5.65. The van der Waals surface area contributed by atoms with Crippen LogP contribution >= 0.6 is 0 Å². The number of nitrogens with zero attached hydrogens (tertiary/aromatic N) is 1. The molecule has 0 aliphatic heterocycles. The number of aromatic nitrogens is 1. The van der Waals surface area contributed by atoms with Gasteiger partial charge in [-0.15, -0.1) is 0 Å². The highest BCUT2D eigenvalue weighted by atomic mass is 16.5. The third-order valence-corrected chi connectivity index (χ3v) is 6.08. The molecule has 4 fully saturated rings. The summed E-state index contributed by atoms with van der Waals surface area (Å²) in [7, 11) is 0. The van der Waals surface area contributed by atoms with Gasteiger partial charge in [0.2, 0.25) is 5.91 Å². The van der Waals surface area contributed by atoms with Gasteiger partial charge in [0, 0.05) is 18.6 Å². The molecule has 6 nitrogen and oxygen atoms in total. The number of amides is 2. The van der Waals surface area contributed by atoms with Crippen molar-refractivity contribution in [2.75, 3.05) is 0 Å². The van der Waals surface area contributed by atoms with Gasteiger partial charge in [-0.2, -0.15) is 4.73 Å². The van der Waals surface area contributed by atoms with Crippen molar-refractivity contribution in [1.29, 1.82) is 0 Å². The molecular weight excluding hydrogens is 306 g/mol. The number of nitrogens with one attached hydrogen (secondary N) is 2. The molecule has 1 aromatic heterocycles. The van der Waals surface area contributed by atoms with Crippen LogP contribution in [-0.2, 0) is 4.79 Å². The Morgan fingerprint density at radius 1 is 1.04 bits per heavy atom. The second kappa shape index (κ2) is 5.76. The zero-order chi connectivity index (χ0) is 16.7. The number of hydrogen-bond donors (Lipinski definition) is 2. The highest BCUT2D eigenvalue weighted by Gasteiger charge is 2.51. The SMILES string of the molecule is O=C(CC12CC3CC(CC(C3)C1)C2)NNC(=O)c1cc[n+]([O-])cc1. The summed E-state index contributed by atoms with van der Waals surface area (Å²) in [5.74, 6) is 1.90. The predicted octanol–water partition coefficient (Wildman–Crippen LogP) is 1.69. The van der Waals surface area contributed by atoms with Gasteiger partial charge in [0.15, 0.2) is 12.4 Å². The predicted molar refractivity (Wildman–Crippen MR) is 86.2 cm³/mol. The van der Waals surface area contributed by atoms with Crippen molar-refractivity contribution < 1.29 is 14.3 Å². The lowest BCUT2D eigenvalue weighted by Gasteiger charge is -2.56. The smallest absolute Gasteiger partial charge is 0.270 e. The lowest BCUT2D eigenvalue weighted by Crippen LogP contribution is -2.50. The average molecular weight is 329 g/mol. The Labute approximate surface area is 141 Å². The Morgan fingerprint density at radius 3 is 2.12 bits per heavy atom. The molecule has 4 aliphatic rings. The highest BCUT2D eigenvalue weighted by Crippen LogP contribution is 2.61. The minimum Gasteiger partial charge on any atom is -0.619 e. The van der Waals surface area contributed by atoms with Gasteiger partial charge >= 0.3 is 0 Å². The first-order valence-electron chi connectivity index (χ1n) is 8.79. The summed E-state index contributed by atoms with van der Waals surface area (Å²) in [5.41, 5.74) is 5.50. The second-order valence-corrected chi connectivity index (χ2v) is 8.04. The van der Waals surface area contributed by atoms with Crippen LogP contribution in [0.25, 0.3) is 0 Å². The molecular formula is C18H23N3O3. The first-order chi connectivity index (χ1) is 11.5. The first-order valence-corrected chi connectivity index (χ1v) is 8.79. The number of carbonyl (C=O) groups is 2. The number of hydrazine groups is 1. The third-order valence-electron chi connectivity index (χ3n) is 6.08. The number of rotatable bonds is 3. The third kappa shape index (κ3) is 2.97. The van der Waals surface area contributed by atoms with E-state index in [4.69, 9.17) is 0 Å². The lowest BCUT2D eigenvalue weighted by atomic mass is 9.49. The maximum absolute atomic E-state index is 12.3. The fourth-order valence-electron chi connectivity index (χ4n) is 5.65. The van der Waals surface area contributed by atoms with Crippen LogP contribution < -0.4 is 15.6 Å². The minimum atomic E-state index is -0.408. The molecule has 24 heavy (non-hydrogen) atoms. The molecule has 6 heteroatoms. The van der Waals surface area contributed by atoms with Gasteiger partial charge in [-0.3, -0.25) is 20.4 Å². The highest BCUT2D eigenvalue weighted by molar-refractivity contribution is 5.95. The molecule has 128 valence electrons. The van der Waals surface area contributed by atoms with Gasteiger partial charge in [0.1, 0.15) is 0 Å². The van der Waals surface area contributed by atoms with E-state index in [1.165, 1.54) is 63.1 Å². The molecule has 0 radical (unpaired) electrons. The van der Waals surface area contributed by atoms with Crippen LogP contribution in [-0.4, -0.2) is 11.8 Å². The summed E-state index contributed by atoms with van der Waals surface area (Å²) < 4.78 is 0.613. The van der Waals surface area contributed by atoms with Crippen LogP contribution in [0, 0.1) is 28.4 Å². The molecule has 0 atom stereocenters. The maximum atomic E-state index is 12.3. The topological polar surface area (TPSA) is 85.1 Å². The van der Waals surface area contributed by atoms with Gasteiger partial charge < -0.3 is 5.21 Å². The molecule has 1 heterocycles. The molecule has 0 saturated heterocycles. The van der Waals surface area contributed by atoms with Crippen LogP contribution in [0.1, 0.15) is 55.3 Å². The van der Waals surface area contributed by atoms with E-state index in [0.717, 1.165) is 17.8 Å². The lowest BCUT2D eigenvalue weighted by molar-refractivity contribution is -0.605. The average Bonchev–Trinajstić information content (AvgIpc) is 2.51. The zero-order valence-electron chi connectivity index (χ0n) is 13.7. The van der Waals surface area contributed by atoms with Gasteiger partial charge in [-0.25, -0.2) is 0 Å². The summed E-state index contributed by atoms with van der Waals surface area (Å²) in [6.07, 6.45) is 10.6. The largest absolute Gasteiger partial charge is 0.619 e. The number of hydrogen-bond acceptors (Lipinski definition) is 3. The van der Waals surface area contributed by atoms with Crippen molar-refractivity contribution >= 4 is 11.8 Å². The summed E-state index contributed by atoms with van der Waals surface area (Å²) in [4.78, 5) is 24.3. The van der Waals surface area contributed by atoms with Crippen molar-refractivity contribution in [1.82, 2.24) is 10.9 Å². The van der Waals surface area contributed by atoms with E-state index in [1.807, 2.05) is 0 Å². The van der Waals surface area contributed by atoms with Crippen molar-refractivity contribution in [2.24, 2.45) is 23.2 Å². The van der Waals surface area contributed by atoms with Crippen molar-refractivity contribution in [3.63, 3.8) is 0 Å². The molecule has 4 aliphatic carbocycles. The standard InChI is InChI=1S/C18H23N3O3/c22-16(19-20-17(23)15-1-3-21(24)4-2-15)11-18-8-12-5-13(9-18)7-14(6-12)10-18/h1-4,12-14H,5-11H2,(H,19,22)(H,20,23). The van der Waals surface area contributed by atoms with E-state index in [9.17, 15) is 14.8 Å². The first kappa shape index (κ1) is 15.4. The van der Waals surface area contributed by atoms with Crippen LogP contribution in [0.5, 0.6) is 0 Å². The number of pyridine rings is 1. The molecule has 2 amide bonds. The quantitative estimate of drug-likeness (QED) is 0.503. The second-order valence-electron chi connectivity index (χ2n) is 8.04. The Hall–Kier alpha value is -2.11. The zero-order valence-corrected chi connectivity index (χ0v) is 13.7. The molecule has 4 bridgehead atoms. The Morgan fingerprint density at radius 2 is 1.58 bits per heavy atom. The Bertz CT molecular complexity index is 621. The molecule has 2 N–H and O–H groups in total. The van der Waals surface area contributed by atoms with Crippen molar-refractivity contribution in [3.8, 4) is 0 Å². The van der Waals surface area contributed by atoms with Crippen molar-refractivity contribution in [2.45, 2.75) is 44.9 Å². The summed E-state index contributed by atoms with van der Waals surface area (Å²) in [5, 5.41) is 11.0. The Balaban J connectivity index is 1.32. The molecule has 0 spiro atoms. The molecule has 4 saturated carbocycles. The van der Waals surface area contributed by atoms with E-state index in [-0.39, 0.29) is 11.3 Å². The molecule has 0 aromatic carbocycles. The van der Waals surface area contributed by atoms with E-state index in [0.29, 0.717) is 16.7 Å². The molecule has 5 rings (SSSR count). The van der Waals surface area contributed by atoms with Crippen molar-refractivity contribution in [3.05, 3.63) is 35.3 Å². The van der Waals surface area contributed by atoms with E-state index in [1.54, 1.807) is 0 Å². The Kier molecular flexibility index (Phi) is 3.70. The van der Waals surface area contributed by atoms with Gasteiger partial charge in [0.05, 0.1) is 5.56 Å². The van der Waals surface area contributed by atoms with Gasteiger partial charge in [-0.05, 0) is 61.7 Å². The van der Waals surface area contributed by atoms with E-state index in [2.05, 4.69) is 10.9 Å². The van der Waals surface area contributed by atoms with Crippen LogP contribution in [0.4, 0.5) is 0 Å². The number of carbonyl (C=O) groups excluding carboxylic acids is 2. The van der Waals surface area contributed by atoms with E-state index >= 15 is 0 Å². The summed E-state index contributed by atoms with van der Waals surface area (Å²) in [6.45, 7) is 0. The molecule has 1 aromatic rings. The minimum absolute atomic E-state index is 0.111. The van der Waals surface area contributed by atoms with E-state index < -0.39 is 5.91 Å². The fraction of sp³-hybridized carbons (Fsp3) is 0.611. The summed E-state index contributed by atoms with van der Waals surface area (Å²) >= 11 is 0. The maximum Gasteiger partial charge on any atom is 0.270 e. The normalized spacial score (nSPS) is 33.2. The monoisotopic (exact) mass is 329 g/mol. The molecule has 0 unspecified atom stereocenters. The van der Waals surface area contributed by atoms with Gasteiger partial charge in [-0.1, -0.05) is 0 Å².